The maximum absolute atomic E-state index is 12.9. The lowest BCUT2D eigenvalue weighted by atomic mass is 10.2. The van der Waals surface area contributed by atoms with E-state index < -0.39 is 0 Å². The summed E-state index contributed by atoms with van der Waals surface area (Å²) in [5, 5.41) is 6.79. The fourth-order valence-corrected chi connectivity index (χ4v) is 4.63. The molecule has 3 rings (SSSR count). The number of carbonyl (C=O) groups is 2. The molecule has 0 saturated carbocycles. The molecule has 0 aliphatic heterocycles. The number of benzene rings is 3. The van der Waals surface area contributed by atoms with Crippen LogP contribution in [-0.2, 0) is 4.79 Å². The highest BCUT2D eigenvalue weighted by molar-refractivity contribution is 8.00. The van der Waals surface area contributed by atoms with Crippen LogP contribution in [0.5, 0.6) is 0 Å². The van der Waals surface area contributed by atoms with Crippen LogP contribution < -0.4 is 10.6 Å². The van der Waals surface area contributed by atoms with E-state index in [0.29, 0.717) is 33.4 Å². The molecule has 8 heteroatoms. The quantitative estimate of drug-likeness (QED) is 0.322. The molecule has 0 aliphatic carbocycles. The summed E-state index contributed by atoms with van der Waals surface area (Å²) in [5.41, 5.74) is 2.57. The van der Waals surface area contributed by atoms with Crippen molar-refractivity contribution in [3.8, 4) is 0 Å². The summed E-state index contributed by atoms with van der Waals surface area (Å²) in [6.45, 7) is 3.87. The van der Waals surface area contributed by atoms with E-state index in [1.54, 1.807) is 30.3 Å². The van der Waals surface area contributed by atoms with Crippen molar-refractivity contribution in [1.29, 1.82) is 0 Å². The van der Waals surface area contributed by atoms with Crippen molar-refractivity contribution < 1.29 is 9.59 Å². The smallest absolute Gasteiger partial charge is 0.257 e. The number of halogens is 3. The summed E-state index contributed by atoms with van der Waals surface area (Å²) in [4.78, 5) is 26.3. The van der Waals surface area contributed by atoms with Crippen molar-refractivity contribution in [1.82, 2.24) is 0 Å². The normalized spacial score (nSPS) is 11.7. The highest BCUT2D eigenvalue weighted by Gasteiger charge is 2.19. The lowest BCUT2D eigenvalue weighted by molar-refractivity contribution is -0.115. The van der Waals surface area contributed by atoms with E-state index in [1.165, 1.54) is 17.8 Å². The first-order chi connectivity index (χ1) is 15.3. The van der Waals surface area contributed by atoms with Crippen molar-refractivity contribution >= 4 is 69.8 Å². The molecule has 3 aromatic carbocycles. The Balaban J connectivity index is 1.70. The van der Waals surface area contributed by atoms with E-state index in [4.69, 9.17) is 34.8 Å². The lowest BCUT2D eigenvalue weighted by Gasteiger charge is -2.17. The number of hydrogen-bond donors (Lipinski definition) is 2. The van der Waals surface area contributed by atoms with Gasteiger partial charge >= 0.3 is 0 Å². The Morgan fingerprint density at radius 2 is 1.66 bits per heavy atom. The Morgan fingerprint density at radius 3 is 2.38 bits per heavy atom. The van der Waals surface area contributed by atoms with Crippen LogP contribution in [0.15, 0.2) is 65.6 Å². The molecule has 1 atom stereocenters. The maximum atomic E-state index is 12.9. The Bertz CT molecular complexity index is 1150. The summed E-state index contributed by atoms with van der Waals surface area (Å²) in [7, 11) is 0. The zero-order valence-electron chi connectivity index (χ0n) is 17.4. The van der Waals surface area contributed by atoms with Gasteiger partial charge in [-0.1, -0.05) is 53.9 Å². The third-order valence-corrected chi connectivity index (χ3v) is 6.81. The van der Waals surface area contributed by atoms with Crippen LogP contribution in [0.4, 0.5) is 11.4 Å². The van der Waals surface area contributed by atoms with E-state index in [2.05, 4.69) is 10.6 Å². The van der Waals surface area contributed by atoms with Gasteiger partial charge in [-0.2, -0.15) is 0 Å². The number of nitrogens with one attached hydrogen (secondary N) is 2. The standard InChI is InChI=1S/C24H21Cl3N2O2S/c1-3-22(24(31)29-21-12-16(26)8-7-14(21)2)32-18-6-4-5-17(13-18)28-23(30)19-10-9-15(25)11-20(19)27/h4-13,22H,3H2,1-2H3,(H,28,30)(H,29,31). The number of hydrogen-bond acceptors (Lipinski definition) is 3. The molecule has 166 valence electrons. The molecule has 1 unspecified atom stereocenters. The first-order valence-corrected chi connectivity index (χ1v) is 11.9. The maximum Gasteiger partial charge on any atom is 0.257 e. The Kier molecular flexibility index (Phi) is 8.49. The fraction of sp³-hybridized carbons (Fsp3) is 0.167. The second kappa shape index (κ2) is 11.1. The zero-order valence-corrected chi connectivity index (χ0v) is 20.5. The van der Waals surface area contributed by atoms with E-state index in [0.717, 1.165) is 10.5 Å². The van der Waals surface area contributed by atoms with Gasteiger partial charge in [0.1, 0.15) is 0 Å². The molecule has 0 spiro atoms. The van der Waals surface area contributed by atoms with Crippen molar-refractivity contribution in [3.63, 3.8) is 0 Å². The average molecular weight is 508 g/mol. The van der Waals surface area contributed by atoms with E-state index >= 15 is 0 Å². The largest absolute Gasteiger partial charge is 0.325 e. The molecular weight excluding hydrogens is 487 g/mol. The van der Waals surface area contributed by atoms with Crippen LogP contribution >= 0.6 is 46.6 Å². The second-order valence-corrected chi connectivity index (χ2v) is 9.63. The summed E-state index contributed by atoms with van der Waals surface area (Å²) in [6.07, 6.45) is 0.632. The van der Waals surface area contributed by atoms with Gasteiger partial charge in [-0.15, -0.1) is 11.8 Å². The molecule has 0 aliphatic rings. The first kappa shape index (κ1) is 24.5. The van der Waals surface area contributed by atoms with Gasteiger partial charge in [0.15, 0.2) is 0 Å². The number of carbonyl (C=O) groups excluding carboxylic acids is 2. The number of aryl methyl sites for hydroxylation is 1. The van der Waals surface area contributed by atoms with Gasteiger partial charge in [0.2, 0.25) is 5.91 Å². The molecule has 0 saturated heterocycles. The van der Waals surface area contributed by atoms with Gasteiger partial charge in [0, 0.05) is 26.3 Å². The molecular formula is C24H21Cl3N2O2S. The number of rotatable bonds is 7. The van der Waals surface area contributed by atoms with Crippen LogP contribution in [0, 0.1) is 6.92 Å². The monoisotopic (exact) mass is 506 g/mol. The van der Waals surface area contributed by atoms with Crippen LogP contribution in [0.1, 0.15) is 29.3 Å². The minimum Gasteiger partial charge on any atom is -0.325 e. The topological polar surface area (TPSA) is 58.2 Å². The average Bonchev–Trinajstić information content (AvgIpc) is 2.74. The molecule has 3 aromatic rings. The van der Waals surface area contributed by atoms with E-state index in [9.17, 15) is 9.59 Å². The van der Waals surface area contributed by atoms with Crippen molar-refractivity contribution in [3.05, 3.63) is 86.9 Å². The molecule has 0 bridgehead atoms. The number of amides is 2. The molecule has 2 N–H and O–H groups in total. The first-order valence-electron chi connectivity index (χ1n) is 9.87. The van der Waals surface area contributed by atoms with Gasteiger partial charge in [0.25, 0.3) is 5.91 Å². The van der Waals surface area contributed by atoms with Gasteiger partial charge < -0.3 is 10.6 Å². The number of thioether (sulfide) groups is 1. The predicted octanol–water partition coefficient (Wildman–Crippen LogP) is 7.72. The van der Waals surface area contributed by atoms with Crippen LogP contribution in [0.25, 0.3) is 0 Å². The molecule has 2 amide bonds. The van der Waals surface area contributed by atoms with Gasteiger partial charge in [-0.25, -0.2) is 0 Å². The third kappa shape index (κ3) is 6.42. The van der Waals surface area contributed by atoms with E-state index in [-0.39, 0.29) is 22.1 Å². The second-order valence-electron chi connectivity index (χ2n) is 7.07. The highest BCUT2D eigenvalue weighted by Crippen LogP contribution is 2.30. The molecule has 32 heavy (non-hydrogen) atoms. The number of anilines is 2. The van der Waals surface area contributed by atoms with E-state index in [1.807, 2.05) is 38.1 Å². The van der Waals surface area contributed by atoms with Gasteiger partial charge in [0.05, 0.1) is 15.8 Å². The highest BCUT2D eigenvalue weighted by atomic mass is 35.5. The van der Waals surface area contributed by atoms with Crippen LogP contribution in [0.3, 0.4) is 0 Å². The summed E-state index contributed by atoms with van der Waals surface area (Å²) in [5.74, 6) is -0.444. The molecule has 0 fully saturated rings. The Labute approximate surface area is 206 Å². The summed E-state index contributed by atoms with van der Waals surface area (Å²) >= 11 is 19.5. The molecule has 0 aromatic heterocycles. The Hall–Kier alpha value is -2.18. The minimum absolute atomic E-state index is 0.106. The van der Waals surface area contributed by atoms with Crippen LogP contribution in [0.2, 0.25) is 15.1 Å². The third-order valence-electron chi connectivity index (χ3n) is 4.67. The minimum atomic E-state index is -0.338. The van der Waals surface area contributed by atoms with Crippen LogP contribution in [-0.4, -0.2) is 17.1 Å². The summed E-state index contributed by atoms with van der Waals surface area (Å²) in [6, 6.07) is 17.4. The van der Waals surface area contributed by atoms with Gasteiger partial charge in [-0.3, -0.25) is 9.59 Å². The molecule has 0 radical (unpaired) electrons. The van der Waals surface area contributed by atoms with Gasteiger partial charge in [-0.05, 0) is 67.4 Å². The molecule has 0 heterocycles. The zero-order chi connectivity index (χ0) is 23.3. The van der Waals surface area contributed by atoms with Crippen molar-refractivity contribution in [2.75, 3.05) is 10.6 Å². The Morgan fingerprint density at radius 1 is 0.938 bits per heavy atom. The SMILES string of the molecule is CCC(Sc1cccc(NC(=O)c2ccc(Cl)cc2Cl)c1)C(=O)Nc1cc(Cl)ccc1C. The lowest BCUT2D eigenvalue weighted by Crippen LogP contribution is -2.25. The predicted molar refractivity (Wildman–Crippen MR) is 136 cm³/mol. The van der Waals surface area contributed by atoms with Crippen molar-refractivity contribution in [2.24, 2.45) is 0 Å². The molecule has 4 nitrogen and oxygen atoms in total. The summed E-state index contributed by atoms with van der Waals surface area (Å²) < 4.78 is 0. The van der Waals surface area contributed by atoms with Crippen molar-refractivity contribution in [2.45, 2.75) is 30.4 Å². The fourth-order valence-electron chi connectivity index (χ4n) is 2.95.